The third-order valence-corrected chi connectivity index (χ3v) is 7.37. The Morgan fingerprint density at radius 1 is 1.13 bits per heavy atom. The van der Waals surface area contributed by atoms with Gasteiger partial charge in [-0.25, -0.2) is 4.68 Å². The Hall–Kier alpha value is -3.79. The van der Waals surface area contributed by atoms with Crippen molar-refractivity contribution in [3.63, 3.8) is 0 Å². The molecule has 2 heterocycles. The largest absolute Gasteiger partial charge is 0.383 e. The lowest BCUT2D eigenvalue weighted by Crippen LogP contribution is -2.38. The van der Waals surface area contributed by atoms with Gasteiger partial charge >= 0.3 is 0 Å². The molecule has 0 bridgehead atoms. The third-order valence-electron chi connectivity index (χ3n) is 6.75. The summed E-state index contributed by atoms with van der Waals surface area (Å²) in [5.74, 6) is 0. The maximum Gasteiger partial charge on any atom is 0.150 e. The number of nitrogens with one attached hydrogen (secondary N) is 2. The van der Waals surface area contributed by atoms with Gasteiger partial charge in [0.1, 0.15) is 19.6 Å². The van der Waals surface area contributed by atoms with Crippen LogP contribution in [-0.2, 0) is 11.0 Å². The van der Waals surface area contributed by atoms with E-state index in [2.05, 4.69) is 58.8 Å². The van der Waals surface area contributed by atoms with E-state index >= 15 is 0 Å². The molecule has 194 valence electrons. The maximum absolute atomic E-state index is 9.80. The van der Waals surface area contributed by atoms with Gasteiger partial charge in [0.2, 0.25) is 0 Å². The fourth-order valence-corrected chi connectivity index (χ4v) is 4.96. The van der Waals surface area contributed by atoms with Crippen molar-refractivity contribution in [3.05, 3.63) is 75.7 Å². The molecule has 0 saturated heterocycles. The highest BCUT2D eigenvalue weighted by molar-refractivity contribution is 6.36. The first-order valence-corrected chi connectivity index (χ1v) is 13.2. The zero-order chi connectivity index (χ0) is 28.0. The monoisotopic (exact) mass is 554 g/mol. The molecule has 0 amide bonds. The number of nitriles is 2. The molecule has 2 aromatic carbocycles. The topological polar surface area (TPSA) is 115 Å². The van der Waals surface area contributed by atoms with E-state index in [1.165, 1.54) is 6.20 Å². The predicted octanol–water partition coefficient (Wildman–Crippen LogP) is 5.96. The van der Waals surface area contributed by atoms with Crippen LogP contribution in [-0.4, -0.2) is 34.4 Å². The molecule has 5 rings (SSSR count). The van der Waals surface area contributed by atoms with Crippen molar-refractivity contribution in [2.45, 2.75) is 44.6 Å². The number of fused-ring (bicyclic) bond motifs is 1. The molecular formula is C28H25BCl2N8. The van der Waals surface area contributed by atoms with E-state index < -0.39 is 11.0 Å². The lowest BCUT2D eigenvalue weighted by molar-refractivity contribution is 0.443. The van der Waals surface area contributed by atoms with Gasteiger partial charge in [0.25, 0.3) is 0 Å². The second-order valence-corrected chi connectivity index (χ2v) is 11.8. The SMILES string of the molecule is [B]C(Nc1cc(Cl)c2ncc(C#N)c(NCC(C)(C)C)c2c1)(c1cn(C2(C#N)CC2)nn1)c1ccccc1Cl. The number of nitrogens with zero attached hydrogens (tertiary/aromatic N) is 6. The minimum absolute atomic E-state index is 0.0351. The van der Waals surface area contributed by atoms with Crippen LogP contribution in [0.5, 0.6) is 0 Å². The zero-order valence-electron chi connectivity index (χ0n) is 21.8. The van der Waals surface area contributed by atoms with E-state index in [4.69, 9.17) is 31.0 Å². The molecule has 2 N–H and O–H groups in total. The zero-order valence-corrected chi connectivity index (χ0v) is 23.3. The summed E-state index contributed by atoms with van der Waals surface area (Å²) in [5.41, 5.74) is 0.917. The van der Waals surface area contributed by atoms with Gasteiger partial charge in [-0.1, -0.05) is 67.4 Å². The van der Waals surface area contributed by atoms with E-state index in [-0.39, 0.29) is 5.41 Å². The van der Waals surface area contributed by atoms with Crippen LogP contribution in [0.3, 0.4) is 0 Å². The van der Waals surface area contributed by atoms with Gasteiger partial charge in [-0.05, 0) is 42.0 Å². The van der Waals surface area contributed by atoms with Crippen molar-refractivity contribution in [2.75, 3.05) is 17.2 Å². The number of hydrogen-bond donors (Lipinski definition) is 2. The molecule has 0 spiro atoms. The average molecular weight is 555 g/mol. The molecule has 4 aromatic rings. The normalized spacial score (nSPS) is 15.7. The molecule has 39 heavy (non-hydrogen) atoms. The van der Waals surface area contributed by atoms with Crippen LogP contribution in [0.4, 0.5) is 11.4 Å². The summed E-state index contributed by atoms with van der Waals surface area (Å²) in [7, 11) is 7.08. The summed E-state index contributed by atoms with van der Waals surface area (Å²) < 4.78 is 1.56. The molecular weight excluding hydrogens is 530 g/mol. The van der Waals surface area contributed by atoms with Crippen molar-refractivity contribution in [1.29, 1.82) is 10.5 Å². The molecule has 2 aromatic heterocycles. The standard InChI is InChI=1S/C28H25BCl2N8/c1-26(2,3)16-35-24-17(12-32)13-34-25-19(24)10-18(11-22(25)31)36-28(29,20-6-4-5-7-21(20)30)23-14-39(38-37-23)27(15-33)8-9-27/h4-7,10-11,13-14,36H,8-9,16H2,1-3H3,(H,34,35). The first-order chi connectivity index (χ1) is 18.5. The predicted molar refractivity (Wildman–Crippen MR) is 154 cm³/mol. The summed E-state index contributed by atoms with van der Waals surface area (Å²) >= 11 is 13.3. The summed E-state index contributed by atoms with van der Waals surface area (Å²) in [6, 6.07) is 15.3. The Morgan fingerprint density at radius 2 is 1.87 bits per heavy atom. The Morgan fingerprint density at radius 3 is 2.51 bits per heavy atom. The van der Waals surface area contributed by atoms with E-state index in [0.717, 1.165) is 0 Å². The fraction of sp³-hybridized carbons (Fsp3) is 0.321. The van der Waals surface area contributed by atoms with E-state index in [9.17, 15) is 10.5 Å². The molecule has 1 unspecified atom stereocenters. The summed E-state index contributed by atoms with van der Waals surface area (Å²) in [5, 5.41) is 36.3. The number of benzene rings is 2. The van der Waals surface area contributed by atoms with Crippen LogP contribution in [0, 0.1) is 28.1 Å². The number of halogens is 2. The second-order valence-electron chi connectivity index (χ2n) is 11.0. The van der Waals surface area contributed by atoms with Gasteiger partial charge in [0.05, 0.1) is 39.5 Å². The molecule has 1 aliphatic rings. The molecule has 1 atom stereocenters. The lowest BCUT2D eigenvalue weighted by atomic mass is 9.69. The smallest absolute Gasteiger partial charge is 0.150 e. The minimum atomic E-state index is -1.43. The van der Waals surface area contributed by atoms with Crippen molar-refractivity contribution < 1.29 is 0 Å². The molecule has 1 aliphatic carbocycles. The van der Waals surface area contributed by atoms with Crippen molar-refractivity contribution in [1.82, 2.24) is 20.0 Å². The first-order valence-electron chi connectivity index (χ1n) is 12.4. The number of aromatic nitrogens is 4. The van der Waals surface area contributed by atoms with Gasteiger partial charge < -0.3 is 10.6 Å². The number of pyridine rings is 1. The Bertz CT molecular complexity index is 1660. The van der Waals surface area contributed by atoms with Crippen LogP contribution in [0.25, 0.3) is 10.9 Å². The number of anilines is 2. The molecule has 0 aliphatic heterocycles. The van der Waals surface area contributed by atoms with E-state index in [0.29, 0.717) is 68.5 Å². The van der Waals surface area contributed by atoms with E-state index in [1.54, 1.807) is 29.1 Å². The summed E-state index contributed by atoms with van der Waals surface area (Å²) in [4.78, 5) is 4.44. The quantitative estimate of drug-likeness (QED) is 0.271. The molecule has 1 saturated carbocycles. The Labute approximate surface area is 238 Å². The molecule has 11 heteroatoms. The average Bonchev–Trinajstić information content (AvgIpc) is 3.53. The highest BCUT2D eigenvalue weighted by Crippen LogP contribution is 2.43. The summed E-state index contributed by atoms with van der Waals surface area (Å²) in [6.07, 6.45) is 4.59. The summed E-state index contributed by atoms with van der Waals surface area (Å²) in [6.45, 7) is 6.94. The number of rotatable bonds is 7. The van der Waals surface area contributed by atoms with Gasteiger partial charge in [0.15, 0.2) is 5.54 Å². The highest BCUT2D eigenvalue weighted by atomic mass is 35.5. The lowest BCUT2D eigenvalue weighted by Gasteiger charge is -2.32. The third kappa shape index (κ3) is 5.01. The second kappa shape index (κ2) is 9.75. The van der Waals surface area contributed by atoms with Crippen LogP contribution >= 0.6 is 23.2 Å². The fourth-order valence-electron chi connectivity index (χ4n) is 4.40. The van der Waals surface area contributed by atoms with Gasteiger partial charge in [0, 0.05) is 28.8 Å². The maximum atomic E-state index is 9.80. The first kappa shape index (κ1) is 26.8. The van der Waals surface area contributed by atoms with Gasteiger partial charge in [-0.15, -0.1) is 5.10 Å². The minimum Gasteiger partial charge on any atom is -0.383 e. The van der Waals surface area contributed by atoms with Crippen LogP contribution in [0.2, 0.25) is 10.0 Å². The van der Waals surface area contributed by atoms with Crippen molar-refractivity contribution in [3.8, 4) is 12.1 Å². The number of hydrogen-bond acceptors (Lipinski definition) is 7. The molecule has 2 radical (unpaired) electrons. The highest BCUT2D eigenvalue weighted by Gasteiger charge is 2.47. The van der Waals surface area contributed by atoms with Crippen molar-refractivity contribution in [2.24, 2.45) is 5.41 Å². The van der Waals surface area contributed by atoms with Crippen LogP contribution < -0.4 is 10.6 Å². The van der Waals surface area contributed by atoms with Crippen molar-refractivity contribution >= 4 is 53.3 Å². The van der Waals surface area contributed by atoms with Crippen LogP contribution in [0.15, 0.2) is 48.8 Å². The Balaban J connectivity index is 1.65. The van der Waals surface area contributed by atoms with Gasteiger partial charge in [-0.3, -0.25) is 4.98 Å². The molecule has 1 fully saturated rings. The van der Waals surface area contributed by atoms with Crippen LogP contribution in [0.1, 0.15) is 50.4 Å². The van der Waals surface area contributed by atoms with Gasteiger partial charge in [-0.2, -0.15) is 10.5 Å². The van der Waals surface area contributed by atoms with E-state index in [1.807, 2.05) is 18.2 Å². The molecule has 8 nitrogen and oxygen atoms in total. The Kier molecular flexibility index (Phi) is 6.70.